The van der Waals surface area contributed by atoms with Gasteiger partial charge in [-0.15, -0.1) is 11.3 Å². The van der Waals surface area contributed by atoms with Gasteiger partial charge in [0.1, 0.15) is 11.4 Å². The Morgan fingerprint density at radius 1 is 1.04 bits per heavy atom. The molecule has 0 aromatic carbocycles. The van der Waals surface area contributed by atoms with E-state index in [2.05, 4.69) is 9.97 Å². The average Bonchev–Trinajstić information content (AvgIpc) is 2.97. The van der Waals surface area contributed by atoms with E-state index in [1.54, 1.807) is 33.3 Å². The second-order valence-electron chi connectivity index (χ2n) is 5.60. The smallest absolute Gasteiger partial charge is 0.264 e. The Bertz CT molecular complexity index is 742. The molecule has 0 aliphatic carbocycles. The molecule has 26 heavy (non-hydrogen) atoms. The van der Waals surface area contributed by atoms with Crippen LogP contribution in [0.2, 0.25) is 0 Å². The van der Waals surface area contributed by atoms with Crippen LogP contribution in [0.15, 0.2) is 0 Å². The molecule has 2 aromatic heterocycles. The molecular formula is C17H25N3O5S. The Hall–Kier alpha value is -1.81. The summed E-state index contributed by atoms with van der Waals surface area (Å²) in [5, 5.41) is 0.763. The van der Waals surface area contributed by atoms with Crippen LogP contribution >= 0.6 is 11.3 Å². The predicted molar refractivity (Wildman–Crippen MR) is 99.1 cm³/mol. The lowest BCUT2D eigenvalue weighted by atomic mass is 10.2. The molecule has 0 aliphatic rings. The number of aryl methyl sites for hydroxylation is 1. The SMILES string of the molecule is COCCN(CCOC)C(=O)c1sc2nc(COC)nc(OC)c2c1C. The number of aromatic nitrogens is 2. The number of fused-ring (bicyclic) bond motifs is 1. The van der Waals surface area contributed by atoms with Crippen molar-refractivity contribution in [2.75, 3.05) is 54.7 Å². The Kier molecular flexibility index (Phi) is 7.70. The topological polar surface area (TPSA) is 83.0 Å². The number of thiophene rings is 1. The number of amides is 1. The van der Waals surface area contributed by atoms with Crippen molar-refractivity contribution in [3.05, 3.63) is 16.3 Å². The monoisotopic (exact) mass is 383 g/mol. The molecule has 0 atom stereocenters. The van der Waals surface area contributed by atoms with Crippen LogP contribution in [0, 0.1) is 6.92 Å². The zero-order valence-electron chi connectivity index (χ0n) is 15.8. The Morgan fingerprint density at radius 2 is 1.69 bits per heavy atom. The number of nitrogens with zero attached hydrogens (tertiary/aromatic N) is 3. The first-order chi connectivity index (χ1) is 12.6. The number of methoxy groups -OCH3 is 4. The van der Waals surface area contributed by atoms with Crippen molar-refractivity contribution in [2.45, 2.75) is 13.5 Å². The molecule has 0 fully saturated rings. The van der Waals surface area contributed by atoms with E-state index in [4.69, 9.17) is 18.9 Å². The van der Waals surface area contributed by atoms with Crippen molar-refractivity contribution in [3.63, 3.8) is 0 Å². The van der Waals surface area contributed by atoms with Crippen molar-refractivity contribution < 1.29 is 23.7 Å². The summed E-state index contributed by atoms with van der Waals surface area (Å²) in [5.41, 5.74) is 0.815. The van der Waals surface area contributed by atoms with Gasteiger partial charge in [0.05, 0.1) is 30.6 Å². The highest BCUT2D eigenvalue weighted by Crippen LogP contribution is 2.35. The van der Waals surface area contributed by atoms with Crippen molar-refractivity contribution in [1.29, 1.82) is 0 Å². The molecule has 0 N–H and O–H groups in total. The van der Waals surface area contributed by atoms with Gasteiger partial charge < -0.3 is 23.8 Å². The summed E-state index contributed by atoms with van der Waals surface area (Å²) >= 11 is 1.34. The van der Waals surface area contributed by atoms with Gasteiger partial charge in [-0.1, -0.05) is 0 Å². The number of ether oxygens (including phenoxy) is 4. The third-order valence-corrected chi connectivity index (χ3v) is 5.06. The van der Waals surface area contributed by atoms with Gasteiger partial charge in [-0.3, -0.25) is 4.79 Å². The maximum absolute atomic E-state index is 13.1. The fraction of sp³-hybridized carbons (Fsp3) is 0.588. The van der Waals surface area contributed by atoms with E-state index >= 15 is 0 Å². The number of carbonyl (C=O) groups is 1. The van der Waals surface area contributed by atoms with Crippen LogP contribution in [0.3, 0.4) is 0 Å². The highest BCUT2D eigenvalue weighted by Gasteiger charge is 2.24. The summed E-state index contributed by atoms with van der Waals surface area (Å²) in [4.78, 5) is 25.0. The van der Waals surface area contributed by atoms with Crippen LogP contribution in [0.4, 0.5) is 0 Å². The van der Waals surface area contributed by atoms with Gasteiger partial charge in [-0.2, -0.15) is 4.98 Å². The van der Waals surface area contributed by atoms with Crippen molar-refractivity contribution in [1.82, 2.24) is 14.9 Å². The molecule has 144 valence electrons. The second kappa shape index (κ2) is 9.77. The van der Waals surface area contributed by atoms with Crippen LogP contribution in [-0.4, -0.2) is 75.5 Å². The van der Waals surface area contributed by atoms with Crippen molar-refractivity contribution >= 4 is 27.5 Å². The zero-order chi connectivity index (χ0) is 19.1. The van der Waals surface area contributed by atoms with Crippen LogP contribution in [0.1, 0.15) is 21.1 Å². The van der Waals surface area contributed by atoms with E-state index < -0.39 is 0 Å². The fourth-order valence-corrected chi connectivity index (χ4v) is 3.71. The maximum atomic E-state index is 13.1. The van der Waals surface area contributed by atoms with E-state index in [0.29, 0.717) is 47.7 Å². The Labute approximate surface area is 157 Å². The second-order valence-corrected chi connectivity index (χ2v) is 6.60. The number of carbonyl (C=O) groups excluding carboxylic acids is 1. The molecule has 8 nitrogen and oxygen atoms in total. The largest absolute Gasteiger partial charge is 0.480 e. The fourth-order valence-electron chi connectivity index (χ4n) is 2.55. The van der Waals surface area contributed by atoms with Crippen LogP contribution in [0.5, 0.6) is 5.88 Å². The molecule has 2 aromatic rings. The predicted octanol–water partition coefficient (Wildman–Crippen LogP) is 1.89. The maximum Gasteiger partial charge on any atom is 0.264 e. The summed E-state index contributed by atoms with van der Waals surface area (Å²) in [5.74, 6) is 0.901. The minimum absolute atomic E-state index is 0.0741. The summed E-state index contributed by atoms with van der Waals surface area (Å²) in [6, 6.07) is 0. The summed E-state index contributed by atoms with van der Waals surface area (Å²) in [6.07, 6.45) is 0. The molecule has 0 spiro atoms. The van der Waals surface area contributed by atoms with Crippen molar-refractivity contribution in [3.8, 4) is 5.88 Å². The van der Waals surface area contributed by atoms with E-state index in [1.807, 2.05) is 6.92 Å². The molecule has 9 heteroatoms. The van der Waals surface area contributed by atoms with Gasteiger partial charge in [0.2, 0.25) is 5.88 Å². The van der Waals surface area contributed by atoms with Gasteiger partial charge in [0.15, 0.2) is 5.82 Å². The van der Waals surface area contributed by atoms with Crippen LogP contribution < -0.4 is 4.74 Å². The highest BCUT2D eigenvalue weighted by atomic mass is 32.1. The van der Waals surface area contributed by atoms with Gasteiger partial charge in [-0.05, 0) is 12.5 Å². The Morgan fingerprint density at radius 3 is 2.23 bits per heavy atom. The molecule has 2 heterocycles. The molecule has 1 amide bonds. The van der Waals surface area contributed by atoms with E-state index in [1.165, 1.54) is 11.3 Å². The molecule has 0 unspecified atom stereocenters. The minimum Gasteiger partial charge on any atom is -0.480 e. The lowest BCUT2D eigenvalue weighted by Crippen LogP contribution is -2.36. The quantitative estimate of drug-likeness (QED) is 0.619. The van der Waals surface area contributed by atoms with Gasteiger partial charge in [0, 0.05) is 34.4 Å². The highest BCUT2D eigenvalue weighted by molar-refractivity contribution is 7.20. The third-order valence-electron chi connectivity index (χ3n) is 3.88. The van der Waals surface area contributed by atoms with E-state index in [-0.39, 0.29) is 12.5 Å². The van der Waals surface area contributed by atoms with Crippen molar-refractivity contribution in [2.24, 2.45) is 0 Å². The summed E-state index contributed by atoms with van der Waals surface area (Å²) < 4.78 is 20.8. The van der Waals surface area contributed by atoms with Gasteiger partial charge in [0.25, 0.3) is 5.91 Å². The lowest BCUT2D eigenvalue weighted by Gasteiger charge is -2.21. The molecule has 0 bridgehead atoms. The molecule has 0 aliphatic heterocycles. The van der Waals surface area contributed by atoms with E-state index in [0.717, 1.165) is 10.9 Å². The number of hydrogen-bond acceptors (Lipinski definition) is 8. The third kappa shape index (κ3) is 4.47. The van der Waals surface area contributed by atoms with Crippen LogP contribution in [-0.2, 0) is 20.8 Å². The molecule has 0 saturated carbocycles. The Balaban J connectivity index is 2.43. The van der Waals surface area contributed by atoms with Gasteiger partial charge >= 0.3 is 0 Å². The molecule has 2 rings (SSSR count). The lowest BCUT2D eigenvalue weighted by molar-refractivity contribution is 0.0631. The standard InChI is InChI=1S/C17H25N3O5S/c1-11-13-15(25-5)18-12(10-24-4)19-16(13)26-14(11)17(21)20(6-8-22-2)7-9-23-3/h6-10H2,1-5H3. The summed E-state index contributed by atoms with van der Waals surface area (Å²) in [7, 11) is 6.36. The first-order valence-corrected chi connectivity index (χ1v) is 8.99. The first-order valence-electron chi connectivity index (χ1n) is 8.17. The molecule has 0 saturated heterocycles. The number of rotatable bonds is 10. The zero-order valence-corrected chi connectivity index (χ0v) is 16.6. The molecular weight excluding hydrogens is 358 g/mol. The average molecular weight is 383 g/mol. The number of hydrogen-bond donors (Lipinski definition) is 0. The van der Waals surface area contributed by atoms with E-state index in [9.17, 15) is 4.79 Å². The van der Waals surface area contributed by atoms with Crippen LogP contribution in [0.25, 0.3) is 10.2 Å². The molecule has 0 radical (unpaired) electrons. The first kappa shape index (κ1) is 20.5. The van der Waals surface area contributed by atoms with Gasteiger partial charge in [-0.25, -0.2) is 4.98 Å². The summed E-state index contributed by atoms with van der Waals surface area (Å²) in [6.45, 7) is 4.06. The minimum atomic E-state index is -0.0741. The normalized spacial score (nSPS) is 11.1.